The van der Waals surface area contributed by atoms with Crippen molar-refractivity contribution in [1.82, 2.24) is 14.9 Å². The molecule has 0 fully saturated rings. The van der Waals surface area contributed by atoms with Crippen molar-refractivity contribution in [1.29, 1.82) is 0 Å². The van der Waals surface area contributed by atoms with Gasteiger partial charge in [0.15, 0.2) is 5.82 Å². The Bertz CT molecular complexity index is 305. The fourth-order valence-electron chi connectivity index (χ4n) is 1.08. The Labute approximate surface area is 95.8 Å². The molecule has 3 N–H and O–H groups in total. The largest absolute Gasteiger partial charge is 0.394 e. The molecule has 0 aliphatic heterocycles. The Morgan fingerprint density at radius 1 is 1.44 bits per heavy atom. The van der Waals surface area contributed by atoms with Crippen LogP contribution in [0.2, 0.25) is 0 Å². The minimum Gasteiger partial charge on any atom is -0.394 e. The molecular formula is C10H19N5O. The number of hydrogen-bond acceptors (Lipinski definition) is 6. The van der Waals surface area contributed by atoms with Crippen molar-refractivity contribution >= 4 is 11.5 Å². The summed E-state index contributed by atoms with van der Waals surface area (Å²) in [6.07, 6.45) is 3.04. The van der Waals surface area contributed by atoms with Crippen molar-refractivity contribution < 1.29 is 4.74 Å². The van der Waals surface area contributed by atoms with E-state index in [9.17, 15) is 0 Å². The highest BCUT2D eigenvalue weighted by Gasteiger charge is 1.98. The van der Waals surface area contributed by atoms with Gasteiger partial charge in [-0.3, -0.25) is 0 Å². The van der Waals surface area contributed by atoms with Gasteiger partial charge in [-0.1, -0.05) is 0 Å². The molecule has 1 aromatic heterocycles. The number of likely N-dealkylation sites (N-methyl/N-ethyl adjacent to an activating group) is 1. The molecule has 0 atom stereocenters. The van der Waals surface area contributed by atoms with Crippen LogP contribution in [0.15, 0.2) is 12.5 Å². The van der Waals surface area contributed by atoms with E-state index in [1.54, 1.807) is 6.20 Å². The summed E-state index contributed by atoms with van der Waals surface area (Å²) in [4.78, 5) is 9.90. The molecular weight excluding hydrogens is 206 g/mol. The average molecular weight is 225 g/mol. The first-order chi connectivity index (χ1) is 7.70. The normalized spacial score (nSPS) is 10.7. The standard InChI is InChI=1S/C10H19N5O/c1-15(2)4-6-16-5-3-13-10-9(11)7-12-8-14-10/h7-8H,3-6,11H2,1-2H3,(H,12,13,14). The molecule has 0 aliphatic carbocycles. The second-order valence-electron chi connectivity index (χ2n) is 3.67. The topological polar surface area (TPSA) is 76.3 Å². The quantitative estimate of drug-likeness (QED) is 0.639. The molecule has 0 saturated heterocycles. The van der Waals surface area contributed by atoms with Crippen LogP contribution in [0.25, 0.3) is 0 Å². The SMILES string of the molecule is CN(C)CCOCCNc1ncncc1N. The molecule has 0 aromatic carbocycles. The van der Waals surface area contributed by atoms with Crippen molar-refractivity contribution in [3.8, 4) is 0 Å². The van der Waals surface area contributed by atoms with Gasteiger partial charge < -0.3 is 20.7 Å². The van der Waals surface area contributed by atoms with Gasteiger partial charge in [-0.25, -0.2) is 9.97 Å². The lowest BCUT2D eigenvalue weighted by Crippen LogP contribution is -2.20. The number of ether oxygens (including phenoxy) is 1. The van der Waals surface area contributed by atoms with Crippen LogP contribution < -0.4 is 11.1 Å². The van der Waals surface area contributed by atoms with Crippen LogP contribution in [0.1, 0.15) is 0 Å². The smallest absolute Gasteiger partial charge is 0.152 e. The Morgan fingerprint density at radius 2 is 2.25 bits per heavy atom. The first-order valence-corrected chi connectivity index (χ1v) is 5.22. The Hall–Kier alpha value is -1.40. The molecule has 0 amide bonds. The summed E-state index contributed by atoms with van der Waals surface area (Å²) in [5.41, 5.74) is 6.22. The number of nitrogens with zero attached hydrogens (tertiary/aromatic N) is 3. The highest BCUT2D eigenvalue weighted by atomic mass is 16.5. The van der Waals surface area contributed by atoms with Crippen molar-refractivity contribution in [3.63, 3.8) is 0 Å². The van der Waals surface area contributed by atoms with Crippen molar-refractivity contribution in [3.05, 3.63) is 12.5 Å². The Balaban J connectivity index is 2.10. The summed E-state index contributed by atoms with van der Waals surface area (Å²) in [6.45, 7) is 2.98. The van der Waals surface area contributed by atoms with Crippen LogP contribution in [0.5, 0.6) is 0 Å². The average Bonchev–Trinajstić information content (AvgIpc) is 2.25. The van der Waals surface area contributed by atoms with E-state index in [1.807, 2.05) is 14.1 Å². The molecule has 16 heavy (non-hydrogen) atoms. The molecule has 0 radical (unpaired) electrons. The van der Waals surface area contributed by atoms with Crippen molar-refractivity contribution in [2.24, 2.45) is 0 Å². The third-order valence-corrected chi connectivity index (χ3v) is 1.96. The van der Waals surface area contributed by atoms with Gasteiger partial charge in [-0.05, 0) is 14.1 Å². The van der Waals surface area contributed by atoms with Crippen LogP contribution >= 0.6 is 0 Å². The molecule has 0 saturated carbocycles. The maximum absolute atomic E-state index is 5.67. The third-order valence-electron chi connectivity index (χ3n) is 1.96. The predicted octanol–water partition coefficient (Wildman–Crippen LogP) is 0.0489. The van der Waals surface area contributed by atoms with Crippen molar-refractivity contribution in [2.45, 2.75) is 0 Å². The molecule has 0 aliphatic rings. The highest BCUT2D eigenvalue weighted by Crippen LogP contribution is 2.10. The molecule has 0 spiro atoms. The molecule has 0 bridgehead atoms. The maximum Gasteiger partial charge on any atom is 0.152 e. The molecule has 6 heteroatoms. The predicted molar refractivity (Wildman–Crippen MR) is 64.3 cm³/mol. The van der Waals surface area contributed by atoms with Gasteiger partial charge in [0.05, 0.1) is 25.1 Å². The zero-order valence-electron chi connectivity index (χ0n) is 9.81. The second-order valence-corrected chi connectivity index (χ2v) is 3.67. The van der Waals surface area contributed by atoms with Gasteiger partial charge in [0.1, 0.15) is 6.33 Å². The molecule has 1 rings (SSSR count). The fraction of sp³-hybridized carbons (Fsp3) is 0.600. The van der Waals surface area contributed by atoms with E-state index in [-0.39, 0.29) is 0 Å². The molecule has 1 heterocycles. The van der Waals surface area contributed by atoms with Gasteiger partial charge in [0, 0.05) is 13.1 Å². The summed E-state index contributed by atoms with van der Waals surface area (Å²) < 4.78 is 5.42. The van der Waals surface area contributed by atoms with E-state index >= 15 is 0 Å². The minimum absolute atomic E-state index is 0.552. The van der Waals surface area contributed by atoms with Crippen LogP contribution in [0.3, 0.4) is 0 Å². The number of rotatable bonds is 7. The summed E-state index contributed by atoms with van der Waals surface area (Å²) in [5.74, 6) is 0.659. The zero-order valence-corrected chi connectivity index (χ0v) is 9.81. The first kappa shape index (κ1) is 12.7. The van der Waals surface area contributed by atoms with E-state index in [2.05, 4.69) is 20.2 Å². The third kappa shape index (κ3) is 4.90. The summed E-state index contributed by atoms with van der Waals surface area (Å²) in [5, 5.41) is 3.09. The second kappa shape index (κ2) is 6.97. The fourth-order valence-corrected chi connectivity index (χ4v) is 1.08. The Kier molecular flexibility index (Phi) is 5.52. The molecule has 90 valence electrons. The summed E-state index contributed by atoms with van der Waals surface area (Å²) >= 11 is 0. The number of nitrogen functional groups attached to an aromatic ring is 1. The number of anilines is 2. The zero-order chi connectivity index (χ0) is 11.8. The minimum atomic E-state index is 0.552. The number of aromatic nitrogens is 2. The maximum atomic E-state index is 5.67. The summed E-state index contributed by atoms with van der Waals surface area (Å²) in [6, 6.07) is 0. The highest BCUT2D eigenvalue weighted by molar-refractivity contribution is 5.58. The van der Waals surface area contributed by atoms with Gasteiger partial charge in [-0.2, -0.15) is 0 Å². The first-order valence-electron chi connectivity index (χ1n) is 5.22. The van der Waals surface area contributed by atoms with Gasteiger partial charge in [0.25, 0.3) is 0 Å². The lowest BCUT2D eigenvalue weighted by Gasteiger charge is -2.10. The Morgan fingerprint density at radius 3 is 2.94 bits per heavy atom. The van der Waals surface area contributed by atoms with E-state index < -0.39 is 0 Å². The van der Waals surface area contributed by atoms with E-state index in [1.165, 1.54) is 6.33 Å². The lowest BCUT2D eigenvalue weighted by atomic mass is 10.5. The van der Waals surface area contributed by atoms with Crippen LogP contribution in [0, 0.1) is 0 Å². The van der Waals surface area contributed by atoms with Crippen molar-refractivity contribution in [2.75, 3.05) is 51.4 Å². The van der Waals surface area contributed by atoms with E-state index in [0.29, 0.717) is 24.7 Å². The van der Waals surface area contributed by atoms with Gasteiger partial charge in [0.2, 0.25) is 0 Å². The monoisotopic (exact) mass is 225 g/mol. The van der Waals surface area contributed by atoms with Gasteiger partial charge in [-0.15, -0.1) is 0 Å². The number of hydrogen-bond donors (Lipinski definition) is 2. The lowest BCUT2D eigenvalue weighted by molar-refractivity contribution is 0.126. The molecule has 6 nitrogen and oxygen atoms in total. The molecule has 1 aromatic rings. The van der Waals surface area contributed by atoms with E-state index in [4.69, 9.17) is 10.5 Å². The molecule has 0 unspecified atom stereocenters. The van der Waals surface area contributed by atoms with E-state index in [0.717, 1.165) is 13.2 Å². The number of nitrogens with one attached hydrogen (secondary N) is 1. The van der Waals surface area contributed by atoms with Crippen LogP contribution in [-0.2, 0) is 4.74 Å². The summed E-state index contributed by atoms with van der Waals surface area (Å²) in [7, 11) is 4.03. The number of nitrogens with two attached hydrogens (primary N) is 1. The van der Waals surface area contributed by atoms with Crippen LogP contribution in [-0.4, -0.2) is 55.3 Å². The van der Waals surface area contributed by atoms with Crippen LogP contribution in [0.4, 0.5) is 11.5 Å². The van der Waals surface area contributed by atoms with Gasteiger partial charge >= 0.3 is 0 Å².